The molecule has 0 spiro atoms. The van der Waals surface area contributed by atoms with Gasteiger partial charge >= 0.3 is 0 Å². The topological polar surface area (TPSA) is 102 Å². The van der Waals surface area contributed by atoms with E-state index in [2.05, 4.69) is 0 Å². The lowest BCUT2D eigenvalue weighted by atomic mass is 10.2. The molecule has 4 rings (SSSR count). The van der Waals surface area contributed by atoms with Crippen molar-refractivity contribution >= 4 is 28.5 Å². The molecule has 2 aromatic carbocycles. The molecular weight excluding hydrogens is 400 g/mol. The largest absolute Gasteiger partial charge is 0.542 e. The first-order chi connectivity index (χ1) is 14.0. The number of ether oxygens (including phenoxy) is 2. The fourth-order valence-electron chi connectivity index (χ4n) is 2.60. The summed E-state index contributed by atoms with van der Waals surface area (Å²) in [6, 6.07) is 14.0. The summed E-state index contributed by atoms with van der Waals surface area (Å²) in [5.74, 6) is -0.452. The van der Waals surface area contributed by atoms with Crippen LogP contribution in [0.1, 0.15) is 16.3 Å². The van der Waals surface area contributed by atoms with E-state index in [1.165, 1.54) is 18.4 Å². The Morgan fingerprint density at radius 1 is 1.03 bits per heavy atom. The summed E-state index contributed by atoms with van der Waals surface area (Å²) in [4.78, 5) is 23.3. The molecule has 146 valence electrons. The molecule has 4 aromatic rings. The first-order valence-corrected chi connectivity index (χ1v) is 8.79. The summed E-state index contributed by atoms with van der Waals surface area (Å²) in [5.41, 5.74) is -0.0248. The third-order valence-corrected chi connectivity index (χ3v) is 4.25. The van der Waals surface area contributed by atoms with E-state index < -0.39 is 5.97 Å². The number of rotatable bonds is 6. The van der Waals surface area contributed by atoms with Crippen LogP contribution in [0.25, 0.3) is 11.0 Å². The van der Waals surface area contributed by atoms with Gasteiger partial charge < -0.3 is 28.2 Å². The van der Waals surface area contributed by atoms with Gasteiger partial charge in [0.1, 0.15) is 47.4 Å². The zero-order valence-corrected chi connectivity index (χ0v) is 15.5. The van der Waals surface area contributed by atoms with Gasteiger partial charge in [-0.15, -0.1) is 0 Å². The highest BCUT2D eigenvalue weighted by Gasteiger charge is 2.11. The van der Waals surface area contributed by atoms with Crippen LogP contribution >= 0.6 is 11.6 Å². The number of aromatic carboxylic acids is 1. The predicted octanol–water partition coefficient (Wildman–Crippen LogP) is 3.77. The number of carbonyl (C=O) groups is 1. The van der Waals surface area contributed by atoms with Gasteiger partial charge in [0.05, 0.1) is 5.39 Å². The van der Waals surface area contributed by atoms with E-state index >= 15 is 0 Å². The van der Waals surface area contributed by atoms with Crippen LogP contribution in [0.15, 0.2) is 74.5 Å². The van der Waals surface area contributed by atoms with Gasteiger partial charge in [0, 0.05) is 11.1 Å². The monoisotopic (exact) mass is 411 g/mol. The summed E-state index contributed by atoms with van der Waals surface area (Å²) in [7, 11) is 0. The number of halogens is 1. The highest BCUT2D eigenvalue weighted by Crippen LogP contribution is 2.25. The number of fused-ring (bicyclic) bond motifs is 1. The van der Waals surface area contributed by atoms with Crippen LogP contribution in [0.5, 0.6) is 17.2 Å². The Hall–Kier alpha value is -3.71. The number of hydrogen-bond acceptors (Lipinski definition) is 7. The highest BCUT2D eigenvalue weighted by molar-refractivity contribution is 6.30. The summed E-state index contributed by atoms with van der Waals surface area (Å²) in [6.45, 7) is 0.000774. The molecular formula is C21H12ClO7-. The minimum atomic E-state index is -1.40. The molecule has 0 aliphatic carbocycles. The molecule has 0 atom stereocenters. The Morgan fingerprint density at radius 3 is 2.52 bits per heavy atom. The smallest absolute Gasteiger partial charge is 0.235 e. The van der Waals surface area contributed by atoms with Crippen LogP contribution in [0.4, 0.5) is 0 Å². The van der Waals surface area contributed by atoms with Gasteiger partial charge in [0.2, 0.25) is 11.2 Å². The number of carboxylic acid groups (broad SMARTS) is 1. The van der Waals surface area contributed by atoms with Crippen molar-refractivity contribution in [3.05, 3.63) is 87.6 Å². The Balaban J connectivity index is 1.52. The molecule has 2 aromatic heterocycles. The molecule has 0 radical (unpaired) electrons. The van der Waals surface area contributed by atoms with Crippen molar-refractivity contribution in [1.29, 1.82) is 0 Å². The Bertz CT molecular complexity index is 1240. The average Bonchev–Trinajstić information content (AvgIpc) is 3.20. The van der Waals surface area contributed by atoms with Crippen LogP contribution in [-0.4, -0.2) is 5.97 Å². The first-order valence-electron chi connectivity index (χ1n) is 8.41. The van der Waals surface area contributed by atoms with E-state index in [9.17, 15) is 14.7 Å². The Kier molecular flexibility index (Phi) is 4.97. The Morgan fingerprint density at radius 2 is 1.79 bits per heavy atom. The number of hydrogen-bond donors (Lipinski definition) is 0. The summed E-state index contributed by atoms with van der Waals surface area (Å²) < 4.78 is 21.7. The van der Waals surface area contributed by atoms with Gasteiger partial charge in [-0.2, -0.15) is 0 Å². The lowest BCUT2D eigenvalue weighted by Gasteiger charge is -2.07. The first kappa shape index (κ1) is 18.6. The maximum absolute atomic E-state index is 12.6. The molecule has 0 aliphatic rings. The van der Waals surface area contributed by atoms with Crippen molar-refractivity contribution in [3.8, 4) is 17.2 Å². The second-order valence-corrected chi connectivity index (χ2v) is 6.42. The van der Waals surface area contributed by atoms with Crippen LogP contribution in [0.3, 0.4) is 0 Å². The van der Waals surface area contributed by atoms with Crippen LogP contribution in [0, 0.1) is 0 Å². The molecule has 7 nitrogen and oxygen atoms in total. The molecule has 0 fully saturated rings. The second-order valence-electron chi connectivity index (χ2n) is 5.99. The quantitative estimate of drug-likeness (QED) is 0.475. The molecule has 0 aliphatic heterocycles. The average molecular weight is 412 g/mol. The highest BCUT2D eigenvalue weighted by atomic mass is 35.5. The lowest BCUT2D eigenvalue weighted by Crippen LogP contribution is -2.21. The molecule has 0 N–H and O–H groups in total. The van der Waals surface area contributed by atoms with Crippen molar-refractivity contribution in [2.75, 3.05) is 0 Å². The summed E-state index contributed by atoms with van der Waals surface area (Å²) in [6.07, 6.45) is 1.22. The van der Waals surface area contributed by atoms with Crippen molar-refractivity contribution in [2.24, 2.45) is 0 Å². The van der Waals surface area contributed by atoms with Crippen molar-refractivity contribution in [1.82, 2.24) is 0 Å². The van der Waals surface area contributed by atoms with Gasteiger partial charge in [0.25, 0.3) is 0 Å². The lowest BCUT2D eigenvalue weighted by molar-refractivity contribution is -0.257. The molecule has 0 amide bonds. The van der Waals surface area contributed by atoms with Crippen LogP contribution in [-0.2, 0) is 6.61 Å². The molecule has 0 unspecified atom stereocenters. The normalized spacial score (nSPS) is 10.8. The maximum atomic E-state index is 12.6. The Labute approximate surface area is 168 Å². The molecule has 29 heavy (non-hydrogen) atoms. The number of benzene rings is 2. The summed E-state index contributed by atoms with van der Waals surface area (Å²) in [5, 5.41) is 11.6. The van der Waals surface area contributed by atoms with Crippen molar-refractivity contribution < 1.29 is 28.2 Å². The van der Waals surface area contributed by atoms with Gasteiger partial charge in [-0.25, -0.2) is 0 Å². The van der Waals surface area contributed by atoms with E-state index in [0.717, 1.165) is 0 Å². The van der Waals surface area contributed by atoms with Gasteiger partial charge in [-0.05, 0) is 48.5 Å². The van der Waals surface area contributed by atoms with E-state index in [-0.39, 0.29) is 23.5 Å². The molecule has 0 saturated carbocycles. The van der Waals surface area contributed by atoms with Gasteiger partial charge in [0.15, 0.2) is 0 Å². The number of furan rings is 1. The fourth-order valence-corrected chi connectivity index (χ4v) is 2.73. The summed E-state index contributed by atoms with van der Waals surface area (Å²) >= 11 is 5.84. The molecule has 0 saturated heterocycles. The fraction of sp³-hybridized carbons (Fsp3) is 0.0476. The van der Waals surface area contributed by atoms with E-state index in [0.29, 0.717) is 33.3 Å². The third-order valence-electron chi connectivity index (χ3n) is 4.00. The van der Waals surface area contributed by atoms with Crippen molar-refractivity contribution in [3.63, 3.8) is 0 Å². The van der Waals surface area contributed by atoms with Crippen LogP contribution in [0.2, 0.25) is 5.02 Å². The van der Waals surface area contributed by atoms with Gasteiger partial charge in [-0.1, -0.05) is 11.6 Å². The minimum Gasteiger partial charge on any atom is -0.542 e. The van der Waals surface area contributed by atoms with E-state index in [4.69, 9.17) is 29.9 Å². The second kappa shape index (κ2) is 7.73. The zero-order chi connectivity index (χ0) is 20.4. The molecule has 0 bridgehead atoms. The van der Waals surface area contributed by atoms with E-state index in [1.807, 2.05) is 0 Å². The maximum Gasteiger partial charge on any atom is 0.235 e. The van der Waals surface area contributed by atoms with Gasteiger partial charge in [-0.3, -0.25) is 4.79 Å². The molecule has 8 heteroatoms. The molecule has 2 heterocycles. The minimum absolute atomic E-state index is 0.000774. The standard InChI is InChI=1S/C21H13ClO7/c22-12-1-3-13(4-2-12)28-19-11-27-18-9-14(5-7-16(18)20(19)23)26-10-15-6-8-17(29-15)21(24)25/h1-9,11H,10H2,(H,24,25)/p-1. The number of carbonyl (C=O) groups excluding carboxylic acids is 1. The number of carboxylic acids is 1. The van der Waals surface area contributed by atoms with E-state index in [1.54, 1.807) is 42.5 Å². The SMILES string of the molecule is O=C([O-])c1ccc(COc2ccc3c(=O)c(Oc4ccc(Cl)cc4)coc3c2)o1. The zero-order valence-electron chi connectivity index (χ0n) is 14.7. The van der Waals surface area contributed by atoms with Crippen molar-refractivity contribution in [2.45, 2.75) is 6.61 Å². The third kappa shape index (κ3) is 4.09. The van der Waals surface area contributed by atoms with Crippen LogP contribution < -0.4 is 20.0 Å². The predicted molar refractivity (Wildman–Crippen MR) is 101 cm³/mol.